The van der Waals surface area contributed by atoms with Crippen molar-refractivity contribution in [1.29, 1.82) is 0 Å². The van der Waals surface area contributed by atoms with Crippen LogP contribution in [0.1, 0.15) is 18.1 Å². The van der Waals surface area contributed by atoms with Crippen LogP contribution in [-0.4, -0.2) is 44.9 Å². The molecule has 24 heavy (non-hydrogen) atoms. The van der Waals surface area contributed by atoms with Gasteiger partial charge in [-0.3, -0.25) is 0 Å². The zero-order chi connectivity index (χ0) is 18.0. The van der Waals surface area contributed by atoms with Gasteiger partial charge in [0.1, 0.15) is 0 Å². The first-order valence-electron chi connectivity index (χ1n) is 7.51. The van der Waals surface area contributed by atoms with Crippen molar-refractivity contribution in [2.45, 2.75) is 18.4 Å². The van der Waals surface area contributed by atoms with E-state index < -0.39 is 7.94 Å². The van der Waals surface area contributed by atoms with E-state index >= 15 is 0 Å². The van der Waals surface area contributed by atoms with Crippen LogP contribution in [0.25, 0.3) is 0 Å². The van der Waals surface area contributed by atoms with Gasteiger partial charge in [-0.15, -0.1) is 0 Å². The summed E-state index contributed by atoms with van der Waals surface area (Å²) in [6.45, 7) is 5.55. The third kappa shape index (κ3) is 10.3. The predicted octanol–water partition coefficient (Wildman–Crippen LogP) is 2.74. The summed E-state index contributed by atoms with van der Waals surface area (Å²) in [5.41, 5.74) is 2.77. The first kappa shape index (κ1) is 21.5. The number of rotatable bonds is 11. The molecule has 0 atom stereocenters. The minimum absolute atomic E-state index is 0.0579. The van der Waals surface area contributed by atoms with Crippen molar-refractivity contribution in [1.82, 2.24) is 0 Å². The van der Waals surface area contributed by atoms with Crippen molar-refractivity contribution in [3.63, 3.8) is 0 Å². The molecule has 5 nitrogen and oxygen atoms in total. The Kier molecular flexibility index (Phi) is 9.96. The zero-order valence-corrected chi connectivity index (χ0v) is 16.4. The van der Waals surface area contributed by atoms with Crippen LogP contribution in [0.15, 0.2) is 36.4 Å². The molecule has 1 rings (SSSR count). The van der Waals surface area contributed by atoms with Crippen molar-refractivity contribution in [3.05, 3.63) is 47.5 Å². The normalized spacial score (nSPS) is 12.0. The van der Waals surface area contributed by atoms with Gasteiger partial charge in [-0.25, -0.2) is 4.79 Å². The van der Waals surface area contributed by atoms with E-state index in [1.54, 1.807) is 30.4 Å². The third-order valence-electron chi connectivity index (χ3n) is 2.95. The molecule has 0 unspecified atom stereocenters. The van der Waals surface area contributed by atoms with Crippen molar-refractivity contribution < 1.29 is 24.2 Å². The molecule has 136 valence electrons. The molecular formula is C16H25O5PS2. The Bertz CT molecular complexity index is 528. The van der Waals surface area contributed by atoms with Crippen molar-refractivity contribution in [2.75, 3.05) is 24.3 Å². The first-order valence-corrected chi connectivity index (χ1v) is 11.9. The number of thioether (sulfide) groups is 2. The number of carbonyl (C=O) groups is 1. The summed E-state index contributed by atoms with van der Waals surface area (Å²) in [5.74, 6) is 2.54. The summed E-state index contributed by atoms with van der Waals surface area (Å²) in [6.07, 6.45) is 0.0579. The maximum absolute atomic E-state index is 11.2. The maximum atomic E-state index is 11.2. The van der Waals surface area contributed by atoms with Gasteiger partial charge in [-0.1, -0.05) is 6.58 Å². The Labute approximate surface area is 152 Å². The van der Waals surface area contributed by atoms with Gasteiger partial charge in [-0.2, -0.15) is 0 Å². The van der Waals surface area contributed by atoms with Crippen LogP contribution in [0.5, 0.6) is 0 Å². The van der Waals surface area contributed by atoms with Crippen LogP contribution in [-0.2, 0) is 21.0 Å². The number of hydrogen-bond acceptors (Lipinski definition) is 7. The van der Waals surface area contributed by atoms with Crippen molar-refractivity contribution >= 4 is 37.4 Å². The second-order valence-corrected chi connectivity index (χ2v) is 9.62. The minimum atomic E-state index is -3.90. The average Bonchev–Trinajstić information content (AvgIpc) is 2.51. The Morgan fingerprint density at radius 2 is 1.58 bits per heavy atom. The van der Waals surface area contributed by atoms with Gasteiger partial charge in [0.2, 0.25) is 0 Å². The number of ether oxygens (including phenoxy) is 1. The molecule has 0 fully saturated rings. The molecule has 0 radical (unpaired) electrons. The van der Waals surface area contributed by atoms with Crippen LogP contribution in [0.4, 0.5) is 0 Å². The molecule has 0 saturated carbocycles. The second-order valence-electron chi connectivity index (χ2n) is 5.36. The van der Waals surface area contributed by atoms with Gasteiger partial charge in [0.25, 0.3) is 0 Å². The van der Waals surface area contributed by atoms with Gasteiger partial charge >= 0.3 is 123 Å². The quantitative estimate of drug-likeness (QED) is 0.231. The molecule has 0 bridgehead atoms. The molecule has 0 aliphatic rings. The summed E-state index contributed by atoms with van der Waals surface area (Å²) < 4.78 is 5.03. The van der Waals surface area contributed by atoms with Crippen molar-refractivity contribution in [2.24, 2.45) is 0 Å². The monoisotopic (exact) mass is 392 g/mol. The Morgan fingerprint density at radius 3 is 2.04 bits per heavy atom. The second kappa shape index (κ2) is 11.1. The predicted molar refractivity (Wildman–Crippen MR) is 104 cm³/mol. The molecule has 1 aromatic rings. The Balaban J connectivity index is 2.18. The Hall–Kier alpha value is -0.560. The van der Waals surface area contributed by atoms with E-state index in [1.807, 2.05) is 12.1 Å². The fourth-order valence-corrected chi connectivity index (χ4v) is 4.66. The number of benzene rings is 1. The van der Waals surface area contributed by atoms with Crippen LogP contribution < -0.4 is 0 Å². The van der Waals surface area contributed by atoms with Gasteiger partial charge in [0, 0.05) is 5.57 Å². The van der Waals surface area contributed by atoms with Gasteiger partial charge in [-0.05, 0) is 6.92 Å². The third-order valence-corrected chi connectivity index (χ3v) is 6.26. The molecule has 0 aromatic heterocycles. The molecule has 8 heteroatoms. The van der Waals surface area contributed by atoms with Crippen LogP contribution in [0.3, 0.4) is 0 Å². The van der Waals surface area contributed by atoms with E-state index in [0.29, 0.717) is 17.9 Å². The topological polar surface area (TPSA) is 87.0 Å². The zero-order valence-electron chi connectivity index (χ0n) is 13.7. The molecule has 0 saturated heterocycles. The number of carbonyl (C=O) groups excluding carboxylic acids is 1. The standard InChI is InChI=1S/C16H25O5PS2/c1-13(2)16(17)21-7-9-23-11-14-3-5-15(6-4-14)12-24-10-8-22(18,19)20/h3-6,18-20,22H,1,7-12H2,2H3. The van der Waals surface area contributed by atoms with E-state index in [-0.39, 0.29) is 12.1 Å². The van der Waals surface area contributed by atoms with E-state index in [4.69, 9.17) is 19.4 Å². The summed E-state index contributed by atoms with van der Waals surface area (Å²) in [7, 11) is -3.90. The first-order chi connectivity index (χ1) is 11.3. The molecule has 0 aliphatic heterocycles. The SMILES string of the molecule is C=C(C)C(=O)OCCSCc1ccc(CSCC[PH](O)(O)O)cc1. The van der Waals surface area contributed by atoms with E-state index in [0.717, 1.165) is 22.8 Å². The Morgan fingerprint density at radius 1 is 1.08 bits per heavy atom. The molecule has 3 N–H and O–H groups in total. The number of esters is 1. The van der Waals surface area contributed by atoms with Gasteiger partial charge in [0.15, 0.2) is 0 Å². The molecule has 0 aliphatic carbocycles. The fourth-order valence-electron chi connectivity index (χ4n) is 1.64. The van der Waals surface area contributed by atoms with Crippen LogP contribution in [0, 0.1) is 0 Å². The van der Waals surface area contributed by atoms with Crippen LogP contribution >= 0.6 is 31.5 Å². The van der Waals surface area contributed by atoms with E-state index in [1.165, 1.54) is 5.56 Å². The van der Waals surface area contributed by atoms with E-state index in [9.17, 15) is 4.79 Å². The van der Waals surface area contributed by atoms with Gasteiger partial charge < -0.3 is 4.74 Å². The molecule has 1 aromatic carbocycles. The summed E-state index contributed by atoms with van der Waals surface area (Å²) >= 11 is 3.26. The summed E-state index contributed by atoms with van der Waals surface area (Å²) in [4.78, 5) is 38.0. The van der Waals surface area contributed by atoms with Crippen LogP contribution in [0.2, 0.25) is 0 Å². The van der Waals surface area contributed by atoms with Crippen molar-refractivity contribution in [3.8, 4) is 0 Å². The average molecular weight is 392 g/mol. The molecular weight excluding hydrogens is 367 g/mol. The van der Waals surface area contributed by atoms with E-state index in [2.05, 4.69) is 18.7 Å². The van der Waals surface area contributed by atoms with Gasteiger partial charge in [0.05, 0.1) is 0 Å². The summed E-state index contributed by atoms with van der Waals surface area (Å²) in [6, 6.07) is 8.22. The molecule has 0 heterocycles. The fraction of sp³-hybridized carbons (Fsp3) is 0.438. The summed E-state index contributed by atoms with van der Waals surface area (Å²) in [5, 5.41) is 0. The number of hydrogen-bond donors (Lipinski definition) is 3. The molecule has 0 amide bonds. The molecule has 0 spiro atoms.